The van der Waals surface area contributed by atoms with Crippen LogP contribution in [-0.4, -0.2) is 19.1 Å². The van der Waals surface area contributed by atoms with E-state index in [-0.39, 0.29) is 10.8 Å². The van der Waals surface area contributed by atoms with Gasteiger partial charge in [-0.05, 0) is 125 Å². The first-order valence-electron chi connectivity index (χ1n) is 22.3. The number of nitrogens with zero attached hydrogens (tertiary/aromatic N) is 5. The minimum absolute atomic E-state index is 0.00127. The zero-order valence-electron chi connectivity index (χ0n) is 38.4. The Balaban J connectivity index is 1.23. The topological polar surface area (TPSA) is 48.8 Å². The number of rotatable bonds is 11. The number of hydrogen-bond donors (Lipinski definition) is 0. The van der Waals surface area contributed by atoms with Gasteiger partial charge in [-0.25, -0.2) is 4.98 Å². The molecule has 0 aliphatic rings. The van der Waals surface area contributed by atoms with Crippen molar-refractivity contribution in [1.82, 2.24) is 19.1 Å². The molecule has 8 aromatic rings. The number of aromatic nitrogens is 5. The Morgan fingerprint density at radius 2 is 1.34 bits per heavy atom. The van der Waals surface area contributed by atoms with Crippen molar-refractivity contribution < 1.29 is 12.0 Å². The molecule has 302 valence electrons. The van der Waals surface area contributed by atoms with Crippen molar-refractivity contribution in [2.45, 2.75) is 118 Å². The highest BCUT2D eigenvalue weighted by Crippen LogP contribution is 2.38. The van der Waals surface area contributed by atoms with Crippen LogP contribution >= 0.6 is 0 Å². The Morgan fingerprint density at radius 1 is 0.661 bits per heavy atom. The van der Waals surface area contributed by atoms with E-state index in [2.05, 4.69) is 162 Å². The predicted octanol–water partition coefficient (Wildman–Crippen LogP) is 13.8. The maximum absolute atomic E-state index is 9.43. The summed E-state index contributed by atoms with van der Waals surface area (Å²) in [6.07, 6.45) is 11.8. The lowest BCUT2D eigenvalue weighted by Crippen LogP contribution is -2.30. The molecule has 0 unspecified atom stereocenters. The molecule has 0 radical (unpaired) electrons. The number of ether oxygens (including phenoxy) is 1. The average molecular weight is 784 g/mol. The summed E-state index contributed by atoms with van der Waals surface area (Å²) in [7, 11) is 0. The molecule has 0 saturated heterocycles. The average Bonchev–Trinajstić information content (AvgIpc) is 3.81. The number of pyridine rings is 2. The van der Waals surface area contributed by atoms with Gasteiger partial charge in [-0.1, -0.05) is 106 Å². The van der Waals surface area contributed by atoms with Gasteiger partial charge in [0, 0.05) is 32.0 Å². The smallest absolute Gasteiger partial charge is 0.269 e. The molecular formula is C53H59N5O. The normalized spacial score (nSPS) is 13.3. The van der Waals surface area contributed by atoms with Crippen LogP contribution in [0.5, 0.6) is 11.5 Å². The Morgan fingerprint density at radius 3 is 2.02 bits per heavy atom. The minimum Gasteiger partial charge on any atom is -0.456 e. The molecule has 6 nitrogen and oxygen atoms in total. The molecule has 0 amide bonds. The van der Waals surface area contributed by atoms with Gasteiger partial charge in [-0.3, -0.25) is 18.7 Å². The Kier molecular flexibility index (Phi) is 10.0. The fraction of sp³-hybridized carbons (Fsp3) is 0.340. The van der Waals surface area contributed by atoms with Crippen LogP contribution < -0.4 is 9.30 Å². The molecule has 0 saturated carbocycles. The summed E-state index contributed by atoms with van der Waals surface area (Å²) in [4.78, 5) is 9.58. The van der Waals surface area contributed by atoms with E-state index < -0.39 is 11.8 Å². The van der Waals surface area contributed by atoms with E-state index in [9.17, 15) is 2.74 Å². The van der Waals surface area contributed by atoms with Gasteiger partial charge in [0.25, 0.3) is 6.33 Å². The Labute approximate surface area is 353 Å². The van der Waals surface area contributed by atoms with Gasteiger partial charge in [0.2, 0.25) is 0 Å². The van der Waals surface area contributed by atoms with Crippen LogP contribution in [0.1, 0.15) is 132 Å². The SMILES string of the molecule is [2H]C(CC)(CC)c1cc(-[n+]2[c-]n(-c3cncc(Oc4ccc5c6cc(C(C)(C)C)ccc6n(-c6cc(C(C)(C)C)ccn6)c5c4)c3)c3ccccc32)cc(C([2H])(CC)CC)c1. The zero-order valence-corrected chi connectivity index (χ0v) is 36.4. The molecule has 6 heteroatoms. The third kappa shape index (κ3) is 7.66. The van der Waals surface area contributed by atoms with E-state index >= 15 is 0 Å². The number of imidazole rings is 1. The molecule has 4 aromatic heterocycles. The van der Waals surface area contributed by atoms with E-state index in [4.69, 9.17) is 9.72 Å². The van der Waals surface area contributed by atoms with Crippen LogP contribution in [0.3, 0.4) is 0 Å². The van der Waals surface area contributed by atoms with E-state index in [1.165, 1.54) is 16.5 Å². The van der Waals surface area contributed by atoms with Crippen LogP contribution in [0, 0.1) is 6.33 Å². The fourth-order valence-corrected chi connectivity index (χ4v) is 8.42. The van der Waals surface area contributed by atoms with Crippen molar-refractivity contribution in [3.63, 3.8) is 0 Å². The van der Waals surface area contributed by atoms with Gasteiger partial charge in [0.1, 0.15) is 17.3 Å². The molecule has 0 bridgehead atoms. The number of hydrogen-bond acceptors (Lipinski definition) is 3. The lowest BCUT2D eigenvalue weighted by Gasteiger charge is -2.20. The summed E-state index contributed by atoms with van der Waals surface area (Å²) in [6, 6.07) is 34.0. The van der Waals surface area contributed by atoms with Crippen molar-refractivity contribution in [2.24, 2.45) is 0 Å². The predicted molar refractivity (Wildman–Crippen MR) is 244 cm³/mol. The van der Waals surface area contributed by atoms with Crippen LogP contribution in [0.25, 0.3) is 50.0 Å². The fourth-order valence-electron chi connectivity index (χ4n) is 8.42. The first kappa shape index (κ1) is 37.5. The monoisotopic (exact) mass is 783 g/mol. The van der Waals surface area contributed by atoms with Crippen LogP contribution in [0.15, 0.2) is 116 Å². The molecule has 0 fully saturated rings. The van der Waals surface area contributed by atoms with E-state index in [1.807, 2.05) is 41.2 Å². The molecule has 0 spiro atoms. The highest BCUT2D eigenvalue weighted by molar-refractivity contribution is 6.09. The Bertz CT molecular complexity index is 2870. The summed E-state index contributed by atoms with van der Waals surface area (Å²) in [5, 5.41) is 2.31. The second-order valence-electron chi connectivity index (χ2n) is 17.8. The molecule has 0 atom stereocenters. The van der Waals surface area contributed by atoms with E-state index in [1.54, 1.807) is 6.20 Å². The second kappa shape index (κ2) is 15.8. The molecule has 0 N–H and O–H groups in total. The van der Waals surface area contributed by atoms with Crippen LogP contribution in [0.2, 0.25) is 0 Å². The molecule has 0 aliphatic carbocycles. The molecule has 59 heavy (non-hydrogen) atoms. The van der Waals surface area contributed by atoms with E-state index in [0.717, 1.165) is 55.8 Å². The van der Waals surface area contributed by atoms with Crippen LogP contribution in [-0.2, 0) is 10.8 Å². The lowest BCUT2D eigenvalue weighted by molar-refractivity contribution is -0.572. The summed E-state index contributed by atoms with van der Waals surface area (Å²) >= 11 is 0. The first-order chi connectivity index (χ1) is 29.0. The van der Waals surface area contributed by atoms with Gasteiger partial charge in [-0.2, -0.15) is 0 Å². The standard InChI is InChI=1S/C53H59N5O/c1-11-35(12-2)37-25-38(36(13-3)14-4)27-41(26-37)56-34-57(49-18-16-15-17-48(49)56)42-30-44(33-54-32-42)59-43-20-21-45-46-28-39(52(5,6)7)19-22-47(46)58(50(45)31-43)51-29-40(23-24-55-51)53(8,9)10/h15-33,35-36H,11-14H2,1-10H3/i35D,36D. The lowest BCUT2D eigenvalue weighted by atomic mass is 9.86. The molecule has 4 aromatic carbocycles. The summed E-state index contributed by atoms with van der Waals surface area (Å²) in [6.45, 7) is 21.8. The van der Waals surface area contributed by atoms with Crippen LogP contribution in [0.4, 0.5) is 0 Å². The highest BCUT2D eigenvalue weighted by atomic mass is 16.5. The molecule has 4 heterocycles. The minimum atomic E-state index is -0.763. The molecular weight excluding hydrogens is 723 g/mol. The molecule has 0 aliphatic heterocycles. The quantitative estimate of drug-likeness (QED) is 0.0969. The first-order valence-corrected chi connectivity index (χ1v) is 21.3. The highest BCUT2D eigenvalue weighted by Gasteiger charge is 2.22. The Hall–Kier alpha value is -5.75. The van der Waals surface area contributed by atoms with E-state index in [0.29, 0.717) is 37.2 Å². The number of para-hydroxylation sites is 2. The number of fused-ring (bicyclic) bond motifs is 4. The maximum Gasteiger partial charge on any atom is 0.269 e. The van der Waals surface area contributed by atoms with Crippen molar-refractivity contribution in [1.29, 1.82) is 0 Å². The summed E-state index contributed by atoms with van der Waals surface area (Å²) in [5.74, 6) is 0.631. The zero-order chi connectivity index (χ0) is 43.5. The third-order valence-corrected chi connectivity index (χ3v) is 11.9. The van der Waals surface area contributed by atoms with Gasteiger partial charge < -0.3 is 4.74 Å². The third-order valence-electron chi connectivity index (χ3n) is 11.9. The maximum atomic E-state index is 9.43. The van der Waals surface area contributed by atoms with Gasteiger partial charge in [0.15, 0.2) is 0 Å². The van der Waals surface area contributed by atoms with Crippen molar-refractivity contribution in [2.75, 3.05) is 0 Å². The van der Waals surface area contributed by atoms with Crippen molar-refractivity contribution >= 4 is 32.8 Å². The summed E-state index contributed by atoms with van der Waals surface area (Å²) < 4.78 is 31.9. The second-order valence-corrected chi connectivity index (χ2v) is 17.8. The van der Waals surface area contributed by atoms with Gasteiger partial charge in [-0.15, -0.1) is 0 Å². The summed E-state index contributed by atoms with van der Waals surface area (Å²) in [5.41, 5.74) is 10.0. The van der Waals surface area contributed by atoms with Gasteiger partial charge >= 0.3 is 0 Å². The van der Waals surface area contributed by atoms with Gasteiger partial charge in [0.05, 0.1) is 39.6 Å². The van der Waals surface area contributed by atoms with Crippen molar-refractivity contribution in [3.05, 3.63) is 144 Å². The largest absolute Gasteiger partial charge is 0.456 e. The van der Waals surface area contributed by atoms with Crippen molar-refractivity contribution in [3.8, 4) is 28.7 Å². The molecule has 8 rings (SSSR count). The number of benzene rings is 4.